The third-order valence-corrected chi connectivity index (χ3v) is 2.85. The van der Waals surface area contributed by atoms with Crippen LogP contribution in [0.1, 0.15) is 5.56 Å². The lowest BCUT2D eigenvalue weighted by atomic mass is 10.2. The van der Waals surface area contributed by atoms with Gasteiger partial charge in [-0.1, -0.05) is 12.1 Å². The quantitative estimate of drug-likeness (QED) is 0.408. The predicted molar refractivity (Wildman–Crippen MR) is 76.2 cm³/mol. The second kappa shape index (κ2) is 6.92. The summed E-state index contributed by atoms with van der Waals surface area (Å²) in [5.74, 6) is -0.230. The molecular weight excluding hydrogens is 292 g/mol. The number of primary sulfonamides is 1. The number of rotatable bonds is 3. The van der Waals surface area contributed by atoms with Gasteiger partial charge in [0.25, 0.3) is 0 Å². The molecule has 0 saturated carbocycles. The Kier molecular flexibility index (Phi) is 6.25. The van der Waals surface area contributed by atoms with Crippen LogP contribution in [0, 0.1) is 0 Å². The molecule has 0 aliphatic heterocycles. The van der Waals surface area contributed by atoms with Gasteiger partial charge in [0.2, 0.25) is 16.0 Å². The van der Waals surface area contributed by atoms with Crippen molar-refractivity contribution < 1.29 is 8.42 Å². The van der Waals surface area contributed by atoms with Gasteiger partial charge in [0.05, 0.1) is 11.4 Å². The van der Waals surface area contributed by atoms with E-state index in [-0.39, 0.29) is 35.8 Å². The average Bonchev–Trinajstić information content (AvgIpc) is 2.25. The summed E-state index contributed by atoms with van der Waals surface area (Å²) in [5.41, 5.74) is 16.4. The molecule has 0 aliphatic carbocycles. The Morgan fingerprint density at radius 1 is 1.11 bits per heavy atom. The highest BCUT2D eigenvalue weighted by Gasteiger charge is 2.06. The lowest BCUT2D eigenvalue weighted by Gasteiger charge is -2.00. The Hall–Kier alpha value is -1.84. The number of nitrogens with zero attached hydrogens (tertiary/aromatic N) is 2. The summed E-state index contributed by atoms with van der Waals surface area (Å²) in [5, 5.41) is 4.96. The fraction of sp³-hybridized carbons (Fsp3) is 0.111. The van der Waals surface area contributed by atoms with E-state index < -0.39 is 10.0 Å². The van der Waals surface area contributed by atoms with E-state index in [1.807, 2.05) is 0 Å². The largest absolute Gasteiger partial charge is 0.370 e. The number of aliphatic imine (C=N–C) groups is 2. The average molecular weight is 307 g/mol. The summed E-state index contributed by atoms with van der Waals surface area (Å²) in [4.78, 5) is 7.46. The topological polar surface area (TPSA) is 163 Å². The number of benzene rings is 1. The zero-order valence-electron chi connectivity index (χ0n) is 9.85. The van der Waals surface area contributed by atoms with E-state index in [9.17, 15) is 8.42 Å². The van der Waals surface area contributed by atoms with E-state index >= 15 is 0 Å². The van der Waals surface area contributed by atoms with Gasteiger partial charge in [0.15, 0.2) is 5.96 Å². The minimum absolute atomic E-state index is 0. The smallest absolute Gasteiger partial charge is 0.238 e. The molecule has 8 nitrogen and oxygen atoms in total. The number of hydrogen-bond donors (Lipinski definition) is 4. The van der Waals surface area contributed by atoms with Gasteiger partial charge in [-0.3, -0.25) is 0 Å². The van der Waals surface area contributed by atoms with Crippen molar-refractivity contribution >= 4 is 34.3 Å². The number of nitrogens with two attached hydrogens (primary N) is 4. The molecule has 0 amide bonds. The second-order valence-electron chi connectivity index (χ2n) is 3.40. The van der Waals surface area contributed by atoms with Crippen molar-refractivity contribution in [2.45, 2.75) is 11.4 Å². The Morgan fingerprint density at radius 2 is 1.63 bits per heavy atom. The summed E-state index contributed by atoms with van der Waals surface area (Å²) in [7, 11) is -3.68. The van der Waals surface area contributed by atoms with Crippen LogP contribution in [-0.2, 0) is 16.6 Å². The van der Waals surface area contributed by atoms with Gasteiger partial charge in [0, 0.05) is 0 Å². The molecule has 10 heteroatoms. The van der Waals surface area contributed by atoms with E-state index in [0.717, 1.165) is 5.56 Å². The standard InChI is InChI=1S/C9H14N6O2S.ClH/c10-8(11)15-9(12)14-5-6-1-3-7(4-2-6)18(13,16)17;/h1-4H,5H2,(H2,13,16,17)(H6,10,11,12,14,15);1H. The number of sulfonamides is 1. The van der Waals surface area contributed by atoms with Crippen molar-refractivity contribution in [3.05, 3.63) is 29.8 Å². The maximum Gasteiger partial charge on any atom is 0.238 e. The highest BCUT2D eigenvalue weighted by Crippen LogP contribution is 2.09. The second-order valence-corrected chi connectivity index (χ2v) is 4.96. The van der Waals surface area contributed by atoms with Gasteiger partial charge < -0.3 is 17.2 Å². The summed E-state index contributed by atoms with van der Waals surface area (Å²) >= 11 is 0. The highest BCUT2D eigenvalue weighted by molar-refractivity contribution is 7.89. The molecule has 1 aromatic carbocycles. The van der Waals surface area contributed by atoms with E-state index in [2.05, 4.69) is 9.98 Å². The highest BCUT2D eigenvalue weighted by atomic mass is 35.5. The Labute approximate surface area is 117 Å². The molecule has 8 N–H and O–H groups in total. The van der Waals surface area contributed by atoms with Crippen molar-refractivity contribution in [1.82, 2.24) is 0 Å². The molecule has 0 radical (unpaired) electrons. The monoisotopic (exact) mass is 306 g/mol. The van der Waals surface area contributed by atoms with Crippen LogP contribution >= 0.6 is 12.4 Å². The Bertz CT molecular complexity index is 577. The zero-order valence-corrected chi connectivity index (χ0v) is 11.5. The predicted octanol–water partition coefficient (Wildman–Crippen LogP) is -1.16. The van der Waals surface area contributed by atoms with Gasteiger partial charge in [-0.15, -0.1) is 12.4 Å². The van der Waals surface area contributed by atoms with Crippen LogP contribution in [0.4, 0.5) is 0 Å². The molecule has 1 aromatic rings. The molecule has 19 heavy (non-hydrogen) atoms. The van der Waals surface area contributed by atoms with Crippen LogP contribution in [0.2, 0.25) is 0 Å². The van der Waals surface area contributed by atoms with Gasteiger partial charge in [0.1, 0.15) is 0 Å². The zero-order chi connectivity index (χ0) is 13.8. The summed E-state index contributed by atoms with van der Waals surface area (Å²) in [6.07, 6.45) is 0. The SMILES string of the molecule is Cl.NC(N)=NC(N)=NCc1ccc(S(N)(=O)=O)cc1. The van der Waals surface area contributed by atoms with E-state index in [4.69, 9.17) is 22.3 Å². The molecule has 0 heterocycles. The third kappa shape index (κ3) is 6.04. The number of hydrogen-bond acceptors (Lipinski definition) is 3. The minimum atomic E-state index is -3.68. The summed E-state index contributed by atoms with van der Waals surface area (Å²) < 4.78 is 22.0. The fourth-order valence-electron chi connectivity index (χ4n) is 1.12. The van der Waals surface area contributed by atoms with Crippen molar-refractivity contribution in [1.29, 1.82) is 0 Å². The first-order chi connectivity index (χ1) is 8.29. The molecular formula is C9H15ClN6O2S. The lowest BCUT2D eigenvalue weighted by molar-refractivity contribution is 0.598. The summed E-state index contributed by atoms with van der Waals surface area (Å²) in [6.45, 7) is 0.230. The molecule has 0 unspecified atom stereocenters. The van der Waals surface area contributed by atoms with Crippen molar-refractivity contribution in [3.63, 3.8) is 0 Å². The van der Waals surface area contributed by atoms with Crippen molar-refractivity contribution in [2.24, 2.45) is 32.3 Å². The maximum absolute atomic E-state index is 11.0. The van der Waals surface area contributed by atoms with Crippen LogP contribution in [0.5, 0.6) is 0 Å². The Balaban J connectivity index is 0.00000324. The van der Waals surface area contributed by atoms with Crippen LogP contribution in [0.3, 0.4) is 0 Å². The molecule has 1 rings (SSSR count). The van der Waals surface area contributed by atoms with Gasteiger partial charge >= 0.3 is 0 Å². The first-order valence-electron chi connectivity index (χ1n) is 4.80. The van der Waals surface area contributed by atoms with Crippen LogP contribution in [0.25, 0.3) is 0 Å². The van der Waals surface area contributed by atoms with E-state index in [1.165, 1.54) is 12.1 Å². The molecule has 0 spiro atoms. The molecule has 0 atom stereocenters. The molecule has 0 bridgehead atoms. The fourth-order valence-corrected chi connectivity index (χ4v) is 1.64. The van der Waals surface area contributed by atoms with E-state index in [1.54, 1.807) is 12.1 Å². The van der Waals surface area contributed by atoms with Crippen molar-refractivity contribution in [2.75, 3.05) is 0 Å². The van der Waals surface area contributed by atoms with Gasteiger partial charge in [-0.25, -0.2) is 18.5 Å². The van der Waals surface area contributed by atoms with Gasteiger partial charge in [-0.05, 0) is 17.7 Å². The molecule has 106 valence electrons. The molecule has 0 aliphatic rings. The number of halogens is 1. The normalized spacial score (nSPS) is 11.5. The van der Waals surface area contributed by atoms with Crippen LogP contribution < -0.4 is 22.3 Å². The Morgan fingerprint density at radius 3 is 2.05 bits per heavy atom. The minimum Gasteiger partial charge on any atom is -0.370 e. The molecule has 0 aromatic heterocycles. The first-order valence-corrected chi connectivity index (χ1v) is 6.35. The summed E-state index contributed by atoms with van der Waals surface area (Å²) in [6, 6.07) is 5.92. The molecule has 0 saturated heterocycles. The number of guanidine groups is 2. The van der Waals surface area contributed by atoms with Crippen molar-refractivity contribution in [3.8, 4) is 0 Å². The van der Waals surface area contributed by atoms with E-state index in [0.29, 0.717) is 0 Å². The van der Waals surface area contributed by atoms with Crippen LogP contribution in [0.15, 0.2) is 39.1 Å². The lowest BCUT2D eigenvalue weighted by Crippen LogP contribution is -2.26. The third-order valence-electron chi connectivity index (χ3n) is 1.92. The maximum atomic E-state index is 11.0. The van der Waals surface area contributed by atoms with Gasteiger partial charge in [-0.2, -0.15) is 4.99 Å². The first kappa shape index (κ1) is 17.2. The molecule has 0 fully saturated rings. The van der Waals surface area contributed by atoms with Crippen LogP contribution in [-0.4, -0.2) is 20.3 Å².